The zero-order valence-corrected chi connectivity index (χ0v) is 13.2. The van der Waals surface area contributed by atoms with Crippen LogP contribution < -0.4 is 0 Å². The van der Waals surface area contributed by atoms with E-state index in [0.29, 0.717) is 24.3 Å². The molecule has 122 valence electrons. The molecule has 0 aromatic carbocycles. The summed E-state index contributed by atoms with van der Waals surface area (Å²) in [5.74, 6) is 1.71. The summed E-state index contributed by atoms with van der Waals surface area (Å²) in [6, 6.07) is -0.153. The lowest BCUT2D eigenvalue weighted by Gasteiger charge is -2.27. The maximum atomic E-state index is 12.7. The molecule has 4 rings (SSSR count). The van der Waals surface area contributed by atoms with Crippen LogP contribution >= 0.6 is 0 Å². The van der Waals surface area contributed by atoms with Crippen molar-refractivity contribution in [2.24, 2.45) is 17.8 Å². The van der Waals surface area contributed by atoms with Crippen molar-refractivity contribution in [3.8, 4) is 0 Å². The monoisotopic (exact) mass is 306 g/mol. The molecule has 1 aliphatic carbocycles. The first-order chi connectivity index (χ1) is 10.8. The van der Waals surface area contributed by atoms with Crippen molar-refractivity contribution in [1.29, 1.82) is 0 Å². The number of carbonyl (C=O) groups is 2. The van der Waals surface area contributed by atoms with Crippen molar-refractivity contribution in [3.05, 3.63) is 0 Å². The lowest BCUT2D eigenvalue weighted by atomic mass is 9.78. The summed E-state index contributed by atoms with van der Waals surface area (Å²) in [4.78, 5) is 28.7. The summed E-state index contributed by atoms with van der Waals surface area (Å²) in [7, 11) is 0. The number of hydrogen-bond donors (Lipinski definition) is 0. The molecular weight excluding hydrogens is 280 g/mol. The van der Waals surface area contributed by atoms with E-state index in [2.05, 4.69) is 0 Å². The predicted octanol–water partition coefficient (Wildman–Crippen LogP) is 2.26. The van der Waals surface area contributed by atoms with Crippen LogP contribution in [0.3, 0.4) is 0 Å². The van der Waals surface area contributed by atoms with Crippen molar-refractivity contribution in [1.82, 2.24) is 9.80 Å². The molecule has 4 atom stereocenters. The first-order valence-electron chi connectivity index (χ1n) is 8.95. The van der Waals surface area contributed by atoms with Crippen LogP contribution in [0.15, 0.2) is 0 Å². The van der Waals surface area contributed by atoms with E-state index in [1.807, 2.05) is 4.90 Å². The molecule has 0 radical (unpaired) electrons. The van der Waals surface area contributed by atoms with Gasteiger partial charge in [0.15, 0.2) is 0 Å². The molecule has 4 aliphatic rings. The molecule has 3 aliphatic heterocycles. The molecule has 3 heterocycles. The molecule has 0 aromatic heterocycles. The number of nitrogens with zero attached hydrogens (tertiary/aromatic N) is 2. The Balaban J connectivity index is 1.36. The van der Waals surface area contributed by atoms with Gasteiger partial charge in [-0.1, -0.05) is 12.8 Å². The smallest absolute Gasteiger partial charge is 0.327 e. The number of imide groups is 1. The Labute approximate surface area is 132 Å². The molecule has 3 saturated heterocycles. The molecular formula is C17H26N2O3. The van der Waals surface area contributed by atoms with Crippen molar-refractivity contribution in [3.63, 3.8) is 0 Å². The highest BCUT2D eigenvalue weighted by Crippen LogP contribution is 2.43. The lowest BCUT2D eigenvalue weighted by Crippen LogP contribution is -2.37. The van der Waals surface area contributed by atoms with Crippen LogP contribution in [0.5, 0.6) is 0 Å². The Kier molecular flexibility index (Phi) is 3.84. The molecule has 3 amide bonds. The minimum Gasteiger partial charge on any atom is -0.381 e. The van der Waals surface area contributed by atoms with Crippen LogP contribution in [0.25, 0.3) is 0 Å². The third-order valence-electron chi connectivity index (χ3n) is 6.15. The van der Waals surface area contributed by atoms with E-state index in [9.17, 15) is 9.59 Å². The summed E-state index contributed by atoms with van der Waals surface area (Å²) in [5, 5.41) is 0. The molecule has 0 bridgehead atoms. The zero-order valence-electron chi connectivity index (χ0n) is 13.2. The molecule has 0 spiro atoms. The third kappa shape index (κ3) is 2.34. The number of urea groups is 1. The Bertz CT molecular complexity index is 461. The Morgan fingerprint density at radius 1 is 1.14 bits per heavy atom. The number of ether oxygens (including phenoxy) is 1. The normalized spacial score (nSPS) is 37.8. The quantitative estimate of drug-likeness (QED) is 0.749. The van der Waals surface area contributed by atoms with Gasteiger partial charge in [-0.05, 0) is 49.9 Å². The van der Waals surface area contributed by atoms with E-state index in [1.165, 1.54) is 24.2 Å². The molecule has 0 N–H and O–H groups in total. The van der Waals surface area contributed by atoms with Gasteiger partial charge < -0.3 is 9.64 Å². The molecule has 0 aromatic rings. The SMILES string of the molecule is O=C1[C@@H]2[C@H]3CCCC[C@H]3CN2C(=O)N1CCCC1CCOC1. The summed E-state index contributed by atoms with van der Waals surface area (Å²) >= 11 is 0. The zero-order chi connectivity index (χ0) is 15.1. The molecule has 5 nitrogen and oxygen atoms in total. The van der Waals surface area contributed by atoms with Crippen molar-refractivity contribution >= 4 is 11.9 Å². The van der Waals surface area contributed by atoms with Crippen LogP contribution in [-0.4, -0.2) is 54.1 Å². The van der Waals surface area contributed by atoms with Gasteiger partial charge >= 0.3 is 6.03 Å². The van der Waals surface area contributed by atoms with Gasteiger partial charge in [0.25, 0.3) is 5.91 Å². The molecule has 5 heteroatoms. The summed E-state index contributed by atoms with van der Waals surface area (Å²) < 4.78 is 5.39. The first kappa shape index (κ1) is 14.5. The highest BCUT2D eigenvalue weighted by Gasteiger charge is 2.55. The van der Waals surface area contributed by atoms with Gasteiger partial charge in [-0.2, -0.15) is 0 Å². The predicted molar refractivity (Wildman–Crippen MR) is 81.2 cm³/mol. The van der Waals surface area contributed by atoms with E-state index >= 15 is 0 Å². The van der Waals surface area contributed by atoms with Crippen molar-refractivity contribution in [2.45, 2.75) is 51.0 Å². The van der Waals surface area contributed by atoms with Crippen LogP contribution in [0.4, 0.5) is 4.79 Å². The molecule has 4 fully saturated rings. The number of carbonyl (C=O) groups excluding carboxylic acids is 2. The van der Waals surface area contributed by atoms with E-state index in [1.54, 1.807) is 0 Å². The molecule has 22 heavy (non-hydrogen) atoms. The van der Waals surface area contributed by atoms with E-state index in [-0.39, 0.29) is 18.0 Å². The van der Waals surface area contributed by atoms with Gasteiger partial charge in [0, 0.05) is 26.3 Å². The second-order valence-corrected chi connectivity index (χ2v) is 7.45. The average Bonchev–Trinajstić information content (AvgIpc) is 3.21. The molecule has 1 unspecified atom stereocenters. The van der Waals surface area contributed by atoms with Crippen LogP contribution in [0.1, 0.15) is 44.9 Å². The summed E-state index contributed by atoms with van der Waals surface area (Å²) in [5.41, 5.74) is 0. The van der Waals surface area contributed by atoms with E-state index in [4.69, 9.17) is 4.74 Å². The van der Waals surface area contributed by atoms with Gasteiger partial charge in [-0.3, -0.25) is 9.69 Å². The van der Waals surface area contributed by atoms with E-state index in [0.717, 1.165) is 45.4 Å². The summed E-state index contributed by atoms with van der Waals surface area (Å²) in [6.07, 6.45) is 7.90. The standard InChI is InChI=1S/C17H26N2O3/c20-16-15-14-6-2-1-5-13(14)10-19(15)17(21)18(16)8-3-4-12-7-9-22-11-12/h12-15H,1-11H2/t12?,13-,14-,15-/m0/s1. The second-order valence-electron chi connectivity index (χ2n) is 7.45. The van der Waals surface area contributed by atoms with Crippen LogP contribution in [0.2, 0.25) is 0 Å². The van der Waals surface area contributed by atoms with Gasteiger partial charge in [0.1, 0.15) is 6.04 Å². The maximum Gasteiger partial charge on any atom is 0.327 e. The second kappa shape index (κ2) is 5.84. The summed E-state index contributed by atoms with van der Waals surface area (Å²) in [6.45, 7) is 3.12. The largest absolute Gasteiger partial charge is 0.381 e. The van der Waals surface area contributed by atoms with Crippen LogP contribution in [0, 0.1) is 17.8 Å². The highest BCUT2D eigenvalue weighted by atomic mass is 16.5. The van der Waals surface area contributed by atoms with Crippen molar-refractivity contribution in [2.75, 3.05) is 26.3 Å². The average molecular weight is 306 g/mol. The Morgan fingerprint density at radius 3 is 2.82 bits per heavy atom. The number of rotatable bonds is 4. The lowest BCUT2D eigenvalue weighted by molar-refractivity contribution is -0.129. The number of amides is 3. The first-order valence-corrected chi connectivity index (χ1v) is 8.95. The van der Waals surface area contributed by atoms with Gasteiger partial charge in [-0.15, -0.1) is 0 Å². The highest BCUT2D eigenvalue weighted by molar-refractivity contribution is 6.04. The third-order valence-corrected chi connectivity index (χ3v) is 6.15. The maximum absolute atomic E-state index is 12.7. The minimum atomic E-state index is -0.132. The van der Waals surface area contributed by atoms with Gasteiger partial charge in [-0.25, -0.2) is 4.79 Å². The van der Waals surface area contributed by atoms with Crippen LogP contribution in [-0.2, 0) is 9.53 Å². The van der Waals surface area contributed by atoms with Gasteiger partial charge in [0.2, 0.25) is 0 Å². The van der Waals surface area contributed by atoms with Crippen molar-refractivity contribution < 1.29 is 14.3 Å². The fraction of sp³-hybridized carbons (Fsp3) is 0.882. The number of fused-ring (bicyclic) bond motifs is 3. The Hall–Kier alpha value is -1.10. The fourth-order valence-corrected chi connectivity index (χ4v) is 4.95. The Morgan fingerprint density at radius 2 is 2.00 bits per heavy atom. The number of hydrogen-bond acceptors (Lipinski definition) is 3. The fourth-order valence-electron chi connectivity index (χ4n) is 4.95. The minimum absolute atomic E-state index is 0.0212. The molecule has 1 saturated carbocycles. The van der Waals surface area contributed by atoms with E-state index < -0.39 is 0 Å². The van der Waals surface area contributed by atoms with Gasteiger partial charge in [0.05, 0.1) is 0 Å². The topological polar surface area (TPSA) is 49.9 Å².